The fourth-order valence-corrected chi connectivity index (χ4v) is 7.06. The second-order valence-corrected chi connectivity index (χ2v) is 17.7. The van der Waals surface area contributed by atoms with Crippen LogP contribution in [0.25, 0.3) is 0 Å². The number of nitrogens with one attached hydrogen (secondary N) is 1. The van der Waals surface area contributed by atoms with E-state index in [1.54, 1.807) is 0 Å². The lowest BCUT2D eigenvalue weighted by atomic mass is 10.2. The largest absolute Gasteiger partial charge is 0.491 e. The maximum absolute atomic E-state index is 10.4. The van der Waals surface area contributed by atoms with E-state index in [-0.39, 0.29) is 30.6 Å². The maximum atomic E-state index is 10.4. The SMILES string of the molecule is C.C[SiH2]CCCN.C[SiH2]CCCNCC(O)CN(CC1CO1)c1ccc(OCC2CO2)cc1.[2HH].c1cc(N(CC2CO2)CC2CO2)ccc1OCC1CO1. The number of epoxide rings is 5. The van der Waals surface area contributed by atoms with Crippen molar-refractivity contribution in [2.75, 3.05) is 102 Å². The number of anilines is 2. The summed E-state index contributed by atoms with van der Waals surface area (Å²) < 4.78 is 37.7. The molecular weight excluding hydrogens is 709 g/mol. The molecule has 0 radical (unpaired) electrons. The van der Waals surface area contributed by atoms with E-state index < -0.39 is 6.10 Å². The van der Waals surface area contributed by atoms with Crippen LogP contribution in [0.4, 0.5) is 11.4 Å². The van der Waals surface area contributed by atoms with Crippen LogP contribution < -0.4 is 30.3 Å². The Morgan fingerprint density at radius 2 is 1.13 bits per heavy atom. The molecule has 7 rings (SSSR count). The highest BCUT2D eigenvalue weighted by molar-refractivity contribution is 6.33. The second kappa shape index (κ2) is 24.3. The Morgan fingerprint density at radius 3 is 1.53 bits per heavy atom. The molecule has 0 spiro atoms. The highest BCUT2D eigenvalue weighted by Crippen LogP contribution is 2.26. The van der Waals surface area contributed by atoms with Gasteiger partial charge in [0.25, 0.3) is 0 Å². The molecule has 12 nitrogen and oxygen atoms in total. The number of benzene rings is 2. The summed E-state index contributed by atoms with van der Waals surface area (Å²) in [5, 5.41) is 13.8. The maximum Gasteiger partial charge on any atom is 0.119 e. The third kappa shape index (κ3) is 19.3. The summed E-state index contributed by atoms with van der Waals surface area (Å²) in [5.41, 5.74) is 7.53. The van der Waals surface area contributed by atoms with Crippen molar-refractivity contribution in [2.24, 2.45) is 5.73 Å². The lowest BCUT2D eigenvalue weighted by Gasteiger charge is -2.27. The van der Waals surface area contributed by atoms with Crippen LogP contribution in [0.1, 0.15) is 21.7 Å². The van der Waals surface area contributed by atoms with Crippen molar-refractivity contribution in [3.05, 3.63) is 48.5 Å². The average Bonchev–Trinajstić information content (AvgIpc) is 3.96. The Hall–Kier alpha value is -2.25. The van der Waals surface area contributed by atoms with E-state index in [2.05, 4.69) is 52.5 Å². The number of hydrogen-bond donors (Lipinski definition) is 3. The molecule has 4 N–H and O–H groups in total. The number of nitrogens with two attached hydrogens (primary N) is 1. The molecule has 2 aromatic carbocycles. The molecule has 0 aromatic heterocycles. The first-order valence-electron chi connectivity index (χ1n) is 19.6. The van der Waals surface area contributed by atoms with E-state index in [0.29, 0.717) is 54.1 Å². The van der Waals surface area contributed by atoms with Gasteiger partial charge < -0.3 is 59.1 Å². The van der Waals surface area contributed by atoms with E-state index in [1.165, 1.54) is 30.6 Å². The molecule has 5 fully saturated rings. The smallest absolute Gasteiger partial charge is 0.119 e. The Balaban J connectivity index is 0.000000249. The van der Waals surface area contributed by atoms with E-state index >= 15 is 0 Å². The van der Waals surface area contributed by atoms with Crippen molar-refractivity contribution in [2.45, 2.75) is 82.1 Å². The lowest BCUT2D eigenvalue weighted by molar-refractivity contribution is 0.176. The molecule has 6 unspecified atom stereocenters. The summed E-state index contributed by atoms with van der Waals surface area (Å²) in [6.45, 7) is 15.9. The van der Waals surface area contributed by atoms with Crippen LogP contribution in [0.3, 0.4) is 0 Å². The average molecular weight is 780 g/mol. The zero-order valence-corrected chi connectivity index (χ0v) is 34.3. The molecule has 0 amide bonds. The predicted octanol–water partition coefficient (Wildman–Crippen LogP) is 2.57. The fraction of sp³-hybridized carbons (Fsp3) is 0.692. The fourth-order valence-electron chi connectivity index (χ4n) is 5.52. The summed E-state index contributed by atoms with van der Waals surface area (Å²) in [6, 6.07) is 19.1. The molecule has 0 bridgehead atoms. The Labute approximate surface area is 324 Å². The van der Waals surface area contributed by atoms with Gasteiger partial charge in [-0.05, 0) is 74.5 Å². The number of rotatable bonds is 25. The van der Waals surface area contributed by atoms with Gasteiger partial charge in [0.15, 0.2) is 0 Å². The minimum Gasteiger partial charge on any atom is -0.491 e. The molecule has 14 heteroatoms. The molecule has 2 aromatic rings. The monoisotopic (exact) mass is 779 g/mol. The van der Waals surface area contributed by atoms with Crippen LogP contribution >= 0.6 is 0 Å². The molecule has 5 aliphatic heterocycles. The minimum absolute atomic E-state index is 0. The number of nitrogens with zero attached hydrogens (tertiary/aromatic N) is 2. The van der Waals surface area contributed by atoms with Crippen molar-refractivity contribution in [3.8, 4) is 11.5 Å². The first-order chi connectivity index (χ1) is 25.5. The van der Waals surface area contributed by atoms with Gasteiger partial charge in [0.2, 0.25) is 0 Å². The van der Waals surface area contributed by atoms with E-state index in [4.69, 9.17) is 38.9 Å². The molecule has 0 saturated carbocycles. The highest BCUT2D eigenvalue weighted by Gasteiger charge is 2.31. The van der Waals surface area contributed by atoms with E-state index in [9.17, 15) is 5.11 Å². The predicted molar refractivity (Wildman–Crippen MR) is 221 cm³/mol. The van der Waals surface area contributed by atoms with Gasteiger partial charge in [-0.3, -0.25) is 0 Å². The van der Waals surface area contributed by atoms with Gasteiger partial charge in [0, 0.05) is 64.6 Å². The minimum atomic E-state index is -0.393. The van der Waals surface area contributed by atoms with E-state index in [1.807, 2.05) is 24.3 Å². The van der Waals surface area contributed by atoms with Crippen molar-refractivity contribution in [1.29, 1.82) is 0 Å². The van der Waals surface area contributed by atoms with Gasteiger partial charge in [-0.25, -0.2) is 0 Å². The van der Waals surface area contributed by atoms with Crippen LogP contribution in [0.15, 0.2) is 48.5 Å². The summed E-state index contributed by atoms with van der Waals surface area (Å²) in [7, 11) is 0.480. The van der Waals surface area contributed by atoms with Gasteiger partial charge in [0.1, 0.15) is 36.9 Å². The number of aliphatic hydroxyl groups excluding tert-OH is 1. The normalized spacial score (nSPS) is 23.6. The highest BCUT2D eigenvalue weighted by atomic mass is 28.2. The zero-order valence-electron chi connectivity index (χ0n) is 31.5. The summed E-state index contributed by atoms with van der Waals surface area (Å²) in [4.78, 5) is 4.54. The van der Waals surface area contributed by atoms with Crippen LogP contribution in [0, 0.1) is 0 Å². The quantitative estimate of drug-likeness (QED) is 0.0774. The van der Waals surface area contributed by atoms with Gasteiger partial charge in [-0.2, -0.15) is 0 Å². The molecule has 5 heterocycles. The van der Waals surface area contributed by atoms with Gasteiger partial charge in [-0.15, -0.1) is 0 Å². The number of aliphatic hydroxyl groups is 1. The summed E-state index contributed by atoms with van der Waals surface area (Å²) in [6.07, 6.45) is 3.70. The van der Waals surface area contributed by atoms with E-state index in [0.717, 1.165) is 82.9 Å². The second-order valence-electron chi connectivity index (χ2n) is 14.3. The number of hydrogen-bond acceptors (Lipinski definition) is 12. The summed E-state index contributed by atoms with van der Waals surface area (Å²) in [5.74, 6) is 1.75. The number of ether oxygens (including phenoxy) is 7. The molecular formula is C39H70N4O8Si2. The van der Waals surface area contributed by atoms with Crippen molar-refractivity contribution in [3.63, 3.8) is 0 Å². The topological polar surface area (TPSA) is 146 Å². The Bertz CT molecular complexity index is 1220. The van der Waals surface area contributed by atoms with Crippen molar-refractivity contribution < 1.29 is 39.7 Å². The van der Waals surface area contributed by atoms with Crippen LogP contribution in [0.5, 0.6) is 11.5 Å². The van der Waals surface area contributed by atoms with Gasteiger partial charge in [0.05, 0.1) is 57.5 Å². The first-order valence-corrected chi connectivity index (χ1v) is 24.5. The zero-order chi connectivity index (χ0) is 36.4. The first kappa shape index (κ1) is 43.5. The Kier molecular flexibility index (Phi) is 19.9. The molecule has 6 atom stereocenters. The van der Waals surface area contributed by atoms with Gasteiger partial charge >= 0.3 is 0 Å². The molecule has 53 heavy (non-hydrogen) atoms. The van der Waals surface area contributed by atoms with Crippen LogP contribution in [0.2, 0.25) is 25.2 Å². The standard InChI is InChI=1S/C19H32N2O4Si.C15H19NO4.C4H13NSi.CH4.H2/c1-26-8-2-7-20-9-16(22)10-21(11-18-12-24-18)15-3-5-17(6-4-15)23-13-19-14-25-19;1-3-12(17-9-15-10-20-15)4-2-11(1)16(5-13-7-18-13)6-14-8-19-14;1-6-4-2-3-5;;/h3-6,16,18-20,22H,2,7-14,26H2,1H3;1-4,13-15H,5-10H2;2-6H2,1H3;1H4;1H/i;;;;1+1. The molecule has 5 saturated heterocycles. The van der Waals surface area contributed by atoms with Crippen molar-refractivity contribution in [1.82, 2.24) is 5.32 Å². The third-order valence-electron chi connectivity index (χ3n) is 9.14. The van der Waals surface area contributed by atoms with Crippen LogP contribution in [-0.2, 0) is 23.7 Å². The third-order valence-corrected chi connectivity index (χ3v) is 11.5. The Morgan fingerprint density at radius 1 is 0.717 bits per heavy atom. The molecule has 302 valence electrons. The lowest BCUT2D eigenvalue weighted by Crippen LogP contribution is -2.40. The molecule has 5 aliphatic rings. The van der Waals surface area contributed by atoms with Crippen LogP contribution in [-0.4, -0.2) is 153 Å². The van der Waals surface area contributed by atoms with Gasteiger partial charge in [-0.1, -0.05) is 32.6 Å². The summed E-state index contributed by atoms with van der Waals surface area (Å²) >= 11 is 0. The van der Waals surface area contributed by atoms with Crippen molar-refractivity contribution >= 4 is 30.4 Å². The molecule has 0 aliphatic carbocycles.